The van der Waals surface area contributed by atoms with Crippen LogP contribution in [0.15, 0.2) is 66.7 Å². The quantitative estimate of drug-likeness (QED) is 0.417. The highest BCUT2D eigenvalue weighted by Gasteiger charge is 2.39. The number of amides is 1. The third kappa shape index (κ3) is 6.35. The minimum Gasteiger partial charge on any atom is -0.493 e. The number of fused-ring (bicyclic) bond motifs is 1. The van der Waals surface area contributed by atoms with E-state index in [1.165, 1.54) is 12.1 Å². The second kappa shape index (κ2) is 12.6. The second-order valence-corrected chi connectivity index (χ2v) is 10.3. The molecule has 1 N–H and O–H groups in total. The molecule has 0 spiro atoms. The van der Waals surface area contributed by atoms with Gasteiger partial charge in [-0.15, -0.1) is 0 Å². The van der Waals surface area contributed by atoms with Crippen LogP contribution in [0.3, 0.4) is 0 Å². The van der Waals surface area contributed by atoms with Crippen LogP contribution in [0, 0.1) is 11.6 Å². The van der Waals surface area contributed by atoms with E-state index < -0.39 is 11.6 Å². The van der Waals surface area contributed by atoms with Gasteiger partial charge >= 0.3 is 0 Å². The summed E-state index contributed by atoms with van der Waals surface area (Å²) in [6.45, 7) is 2.67. The Kier molecular flexibility index (Phi) is 8.77. The van der Waals surface area contributed by atoms with E-state index in [9.17, 15) is 13.6 Å². The molecule has 1 saturated heterocycles. The van der Waals surface area contributed by atoms with Crippen LogP contribution in [0.5, 0.6) is 11.5 Å². The van der Waals surface area contributed by atoms with Gasteiger partial charge in [-0.05, 0) is 47.7 Å². The molecule has 6 nitrogen and oxygen atoms in total. The third-order valence-electron chi connectivity index (χ3n) is 7.76. The van der Waals surface area contributed by atoms with E-state index in [2.05, 4.69) is 22.4 Å². The zero-order chi connectivity index (χ0) is 28.1. The summed E-state index contributed by atoms with van der Waals surface area (Å²) in [4.78, 5) is 18.0. The minimum absolute atomic E-state index is 0.00930. The highest BCUT2D eigenvalue weighted by molar-refractivity contribution is 5.83. The summed E-state index contributed by atoms with van der Waals surface area (Å²) in [5.74, 6) is 0.273. The lowest BCUT2D eigenvalue weighted by atomic mass is 9.98. The maximum Gasteiger partial charge on any atom is 0.240 e. The number of nitrogens with one attached hydrogen (secondary N) is 1. The Bertz CT molecular complexity index is 1370. The molecule has 40 heavy (non-hydrogen) atoms. The summed E-state index contributed by atoms with van der Waals surface area (Å²) in [6.07, 6.45) is 5.50. The molecule has 0 saturated carbocycles. The number of ether oxygens (including phenoxy) is 2. The second-order valence-electron chi connectivity index (χ2n) is 10.3. The van der Waals surface area contributed by atoms with Crippen molar-refractivity contribution in [2.45, 2.75) is 38.0 Å². The number of benzene rings is 3. The molecule has 3 aromatic rings. The van der Waals surface area contributed by atoms with E-state index in [1.54, 1.807) is 14.2 Å². The molecule has 0 aromatic heterocycles. The van der Waals surface area contributed by atoms with Crippen molar-refractivity contribution in [2.75, 3.05) is 33.9 Å². The first-order chi connectivity index (χ1) is 19.4. The highest BCUT2D eigenvalue weighted by atomic mass is 19.1. The lowest BCUT2D eigenvalue weighted by Crippen LogP contribution is -2.47. The molecule has 0 unspecified atom stereocenters. The number of nitrogens with zero attached hydrogens (tertiary/aromatic N) is 2. The molecule has 2 atom stereocenters. The monoisotopic (exact) mass is 547 g/mol. The average molecular weight is 548 g/mol. The van der Waals surface area contributed by atoms with Gasteiger partial charge in [-0.3, -0.25) is 9.69 Å². The van der Waals surface area contributed by atoms with Crippen molar-refractivity contribution in [3.8, 4) is 11.5 Å². The molecule has 0 radical (unpaired) electrons. The summed E-state index contributed by atoms with van der Waals surface area (Å²) in [5, 5.41) is 3.40. The Morgan fingerprint density at radius 1 is 1.02 bits per heavy atom. The number of methoxy groups -OCH3 is 2. The SMILES string of the molecule is COc1cc2c(cc1OC)CN(C(=O)[C@@H]1C[C@@H](NCc3ccc(F)cc3F)CN1C/C=C/c1ccccc1)CC2. The van der Waals surface area contributed by atoms with E-state index in [0.717, 1.165) is 29.2 Å². The van der Waals surface area contributed by atoms with Crippen molar-refractivity contribution >= 4 is 12.0 Å². The van der Waals surface area contributed by atoms with Crippen LogP contribution in [0.1, 0.15) is 28.7 Å². The fourth-order valence-electron chi connectivity index (χ4n) is 5.60. The number of hydrogen-bond donors (Lipinski definition) is 1. The first kappa shape index (κ1) is 27.8. The maximum absolute atomic E-state index is 14.2. The van der Waals surface area contributed by atoms with Gasteiger partial charge in [-0.25, -0.2) is 8.78 Å². The minimum atomic E-state index is -0.594. The maximum atomic E-state index is 14.2. The Labute approximate surface area is 234 Å². The van der Waals surface area contributed by atoms with Gasteiger partial charge < -0.3 is 19.7 Å². The fraction of sp³-hybridized carbons (Fsp3) is 0.344. The Morgan fingerprint density at radius 3 is 2.50 bits per heavy atom. The lowest BCUT2D eigenvalue weighted by molar-refractivity contribution is -0.136. The van der Waals surface area contributed by atoms with Gasteiger partial charge in [0.1, 0.15) is 11.6 Å². The number of halogens is 2. The normalized spacial score (nSPS) is 19.1. The Hall–Kier alpha value is -3.75. The van der Waals surface area contributed by atoms with Gasteiger partial charge in [-0.1, -0.05) is 48.6 Å². The molecule has 8 heteroatoms. The van der Waals surface area contributed by atoms with E-state index in [0.29, 0.717) is 49.7 Å². The summed E-state index contributed by atoms with van der Waals surface area (Å²) < 4.78 is 38.5. The first-order valence-electron chi connectivity index (χ1n) is 13.6. The van der Waals surface area contributed by atoms with Crippen molar-refractivity contribution in [2.24, 2.45) is 0 Å². The lowest BCUT2D eigenvalue weighted by Gasteiger charge is -2.33. The summed E-state index contributed by atoms with van der Waals surface area (Å²) >= 11 is 0. The van der Waals surface area contributed by atoms with Crippen molar-refractivity contribution < 1.29 is 23.0 Å². The van der Waals surface area contributed by atoms with Crippen molar-refractivity contribution in [3.05, 3.63) is 101 Å². The third-order valence-corrected chi connectivity index (χ3v) is 7.76. The number of carbonyl (C=O) groups excluding carboxylic acids is 1. The van der Waals surface area contributed by atoms with Gasteiger partial charge in [0, 0.05) is 50.4 Å². The van der Waals surface area contributed by atoms with Gasteiger partial charge in [0.25, 0.3) is 0 Å². The molecule has 210 valence electrons. The highest BCUT2D eigenvalue weighted by Crippen LogP contribution is 2.34. The molecule has 0 bridgehead atoms. The van der Waals surface area contributed by atoms with E-state index >= 15 is 0 Å². The first-order valence-corrected chi connectivity index (χ1v) is 13.6. The molecule has 2 aliphatic rings. The van der Waals surface area contributed by atoms with Crippen LogP contribution in [-0.2, 0) is 24.3 Å². The predicted molar refractivity (Wildman–Crippen MR) is 151 cm³/mol. The van der Waals surface area contributed by atoms with Crippen LogP contribution in [0.2, 0.25) is 0 Å². The van der Waals surface area contributed by atoms with Gasteiger partial charge in [0.05, 0.1) is 20.3 Å². The van der Waals surface area contributed by atoms with Gasteiger partial charge in [0.15, 0.2) is 11.5 Å². The number of rotatable bonds is 9. The molecular formula is C32H35F2N3O3. The molecule has 2 aliphatic heterocycles. The van der Waals surface area contributed by atoms with Crippen molar-refractivity contribution in [3.63, 3.8) is 0 Å². The van der Waals surface area contributed by atoms with Crippen LogP contribution < -0.4 is 14.8 Å². The average Bonchev–Trinajstić information content (AvgIpc) is 3.38. The summed E-state index contributed by atoms with van der Waals surface area (Å²) in [6, 6.07) is 17.3. The van der Waals surface area contributed by atoms with Gasteiger partial charge in [-0.2, -0.15) is 0 Å². The van der Waals surface area contributed by atoms with Crippen molar-refractivity contribution in [1.29, 1.82) is 0 Å². The Morgan fingerprint density at radius 2 is 1.77 bits per heavy atom. The molecule has 2 heterocycles. The molecular weight excluding hydrogens is 512 g/mol. The standard InChI is InChI=1S/C32H35F2N3O3/c1-39-30-15-23-12-14-37(20-25(23)16-31(30)40-2)32(38)29-18-27(35-19-24-10-11-26(33)17-28(24)34)21-36(29)13-6-9-22-7-4-3-5-8-22/h3-11,15-17,27,29,35H,12-14,18-21H2,1-2H3/b9-6+/t27-,29+/m1/s1. The van der Waals surface area contributed by atoms with Gasteiger partial charge in [0.2, 0.25) is 5.91 Å². The smallest absolute Gasteiger partial charge is 0.240 e. The molecule has 3 aromatic carbocycles. The fourth-order valence-corrected chi connectivity index (χ4v) is 5.60. The largest absolute Gasteiger partial charge is 0.493 e. The summed E-state index contributed by atoms with van der Waals surface area (Å²) in [5.41, 5.74) is 3.73. The molecule has 0 aliphatic carbocycles. The topological polar surface area (TPSA) is 54.0 Å². The number of carbonyl (C=O) groups is 1. The zero-order valence-corrected chi connectivity index (χ0v) is 22.9. The van der Waals surface area contributed by atoms with Crippen molar-refractivity contribution in [1.82, 2.24) is 15.1 Å². The predicted octanol–water partition coefficient (Wildman–Crippen LogP) is 4.81. The molecule has 5 rings (SSSR count). The van der Waals surface area contributed by atoms with E-state index in [4.69, 9.17) is 9.47 Å². The van der Waals surface area contributed by atoms with E-state index in [-0.39, 0.29) is 24.5 Å². The number of likely N-dealkylation sites (tertiary alicyclic amines) is 1. The van der Waals surface area contributed by atoms with Crippen LogP contribution >= 0.6 is 0 Å². The molecule has 1 fully saturated rings. The van der Waals surface area contributed by atoms with Crippen LogP contribution in [0.25, 0.3) is 6.08 Å². The number of hydrogen-bond acceptors (Lipinski definition) is 5. The van der Waals surface area contributed by atoms with Crippen LogP contribution in [-0.4, -0.2) is 61.6 Å². The van der Waals surface area contributed by atoms with E-state index in [1.807, 2.05) is 47.4 Å². The summed E-state index contributed by atoms with van der Waals surface area (Å²) in [7, 11) is 3.24. The van der Waals surface area contributed by atoms with Crippen LogP contribution in [0.4, 0.5) is 8.78 Å². The zero-order valence-electron chi connectivity index (χ0n) is 22.9. The Balaban J connectivity index is 1.30. The molecule has 1 amide bonds.